The van der Waals surface area contributed by atoms with E-state index in [0.717, 1.165) is 0 Å². The SMILES string of the molecule is COc1cc2cc3c(c(O)c2c2c1C(=O)OC(C)C2)C(=O)C(C)C(=O)C3(C)C. The van der Waals surface area contributed by atoms with Crippen LogP contribution in [0.25, 0.3) is 10.8 Å². The third-order valence-corrected chi connectivity index (χ3v) is 6.01. The van der Waals surface area contributed by atoms with Gasteiger partial charge in [0.15, 0.2) is 11.6 Å². The van der Waals surface area contributed by atoms with Crippen LogP contribution in [0.3, 0.4) is 0 Å². The van der Waals surface area contributed by atoms with Crippen molar-refractivity contribution >= 4 is 28.3 Å². The number of benzene rings is 2. The average Bonchev–Trinajstić information content (AvgIpc) is 2.63. The fraction of sp³-hybridized carbons (Fsp3) is 0.409. The Morgan fingerprint density at radius 3 is 2.46 bits per heavy atom. The minimum Gasteiger partial charge on any atom is -0.507 e. The molecule has 0 radical (unpaired) electrons. The highest BCUT2D eigenvalue weighted by Crippen LogP contribution is 2.47. The van der Waals surface area contributed by atoms with Gasteiger partial charge in [0.05, 0.1) is 18.6 Å². The van der Waals surface area contributed by atoms with Crippen LogP contribution in [0.1, 0.15) is 59.5 Å². The number of ketones is 2. The lowest BCUT2D eigenvalue weighted by molar-refractivity contribution is -0.126. The smallest absolute Gasteiger partial charge is 0.342 e. The molecule has 1 aliphatic carbocycles. The van der Waals surface area contributed by atoms with Crippen molar-refractivity contribution in [2.75, 3.05) is 7.11 Å². The van der Waals surface area contributed by atoms with Crippen LogP contribution in [0.15, 0.2) is 12.1 Å². The van der Waals surface area contributed by atoms with Crippen molar-refractivity contribution in [3.8, 4) is 11.5 Å². The van der Waals surface area contributed by atoms with Crippen molar-refractivity contribution in [3.63, 3.8) is 0 Å². The number of phenolic OH excluding ortho intramolecular Hbond substituents is 1. The molecule has 2 aromatic rings. The fourth-order valence-electron chi connectivity index (χ4n) is 4.52. The number of phenols is 1. The number of fused-ring (bicyclic) bond motifs is 4. The molecule has 0 fully saturated rings. The van der Waals surface area contributed by atoms with E-state index >= 15 is 0 Å². The van der Waals surface area contributed by atoms with Gasteiger partial charge >= 0.3 is 5.97 Å². The van der Waals surface area contributed by atoms with Crippen molar-refractivity contribution in [3.05, 3.63) is 34.4 Å². The number of ether oxygens (including phenoxy) is 2. The number of methoxy groups -OCH3 is 1. The van der Waals surface area contributed by atoms with Crippen LogP contribution < -0.4 is 4.74 Å². The van der Waals surface area contributed by atoms with Crippen LogP contribution in [0, 0.1) is 5.92 Å². The number of carbonyl (C=O) groups excluding carboxylic acids is 3. The second kappa shape index (κ2) is 5.80. The maximum atomic E-state index is 12.9. The summed E-state index contributed by atoms with van der Waals surface area (Å²) in [5.41, 5.74) is 0.634. The van der Waals surface area contributed by atoms with Crippen molar-refractivity contribution in [1.82, 2.24) is 0 Å². The highest BCUT2D eigenvalue weighted by Gasteiger charge is 2.46. The Hall–Kier alpha value is -2.89. The zero-order chi connectivity index (χ0) is 20.5. The summed E-state index contributed by atoms with van der Waals surface area (Å²) in [6.07, 6.45) is 0.0334. The zero-order valence-electron chi connectivity index (χ0n) is 16.5. The molecule has 0 saturated carbocycles. The van der Waals surface area contributed by atoms with Crippen LogP contribution in [-0.4, -0.2) is 35.9 Å². The molecule has 146 valence electrons. The fourth-order valence-corrected chi connectivity index (χ4v) is 4.52. The number of cyclic esters (lactones) is 1. The number of esters is 1. The third-order valence-electron chi connectivity index (χ3n) is 6.01. The molecule has 1 heterocycles. The molecule has 28 heavy (non-hydrogen) atoms. The maximum absolute atomic E-state index is 12.9. The number of hydrogen-bond acceptors (Lipinski definition) is 6. The average molecular weight is 382 g/mol. The summed E-state index contributed by atoms with van der Waals surface area (Å²) in [5.74, 6) is -1.74. The third kappa shape index (κ3) is 2.23. The Balaban J connectivity index is 2.17. The molecule has 2 atom stereocenters. The van der Waals surface area contributed by atoms with Crippen LogP contribution in [0.4, 0.5) is 0 Å². The summed E-state index contributed by atoms with van der Waals surface area (Å²) in [7, 11) is 1.46. The minimum atomic E-state index is -0.913. The summed E-state index contributed by atoms with van der Waals surface area (Å²) in [6.45, 7) is 6.87. The summed E-state index contributed by atoms with van der Waals surface area (Å²) >= 11 is 0. The van der Waals surface area contributed by atoms with E-state index in [1.807, 2.05) is 0 Å². The van der Waals surface area contributed by atoms with E-state index in [4.69, 9.17) is 9.47 Å². The topological polar surface area (TPSA) is 89.9 Å². The van der Waals surface area contributed by atoms with Crippen molar-refractivity contribution in [1.29, 1.82) is 0 Å². The van der Waals surface area contributed by atoms with Gasteiger partial charge in [-0.3, -0.25) is 9.59 Å². The Morgan fingerprint density at radius 1 is 1.14 bits per heavy atom. The summed E-state index contributed by atoms with van der Waals surface area (Å²) < 4.78 is 10.7. The van der Waals surface area contributed by atoms with Crippen LogP contribution in [-0.2, 0) is 21.4 Å². The molecule has 0 aromatic heterocycles. The molecule has 0 saturated heterocycles. The van der Waals surface area contributed by atoms with Crippen LogP contribution in [0.2, 0.25) is 0 Å². The summed E-state index contributed by atoms with van der Waals surface area (Å²) in [6, 6.07) is 3.41. The molecular weight excluding hydrogens is 360 g/mol. The summed E-state index contributed by atoms with van der Waals surface area (Å²) in [4.78, 5) is 38.1. The number of aromatic hydroxyl groups is 1. The standard InChI is InChI=1S/C22H22O6/c1-9-6-12-15-11(8-14(27-5)16(12)21(26)28-9)7-13-17(19(15)24)18(23)10(2)20(25)22(13,3)4/h7-10,24H,6H2,1-5H3. The van der Waals surface area contributed by atoms with Crippen molar-refractivity contribution in [2.45, 2.75) is 45.6 Å². The van der Waals surface area contributed by atoms with Gasteiger partial charge in [0.1, 0.15) is 23.2 Å². The molecule has 0 spiro atoms. The second-order valence-electron chi connectivity index (χ2n) is 8.17. The monoisotopic (exact) mass is 382 g/mol. The molecule has 0 bridgehead atoms. The zero-order valence-corrected chi connectivity index (χ0v) is 16.5. The minimum absolute atomic E-state index is 0.170. The number of rotatable bonds is 1. The Bertz CT molecular complexity index is 1080. The second-order valence-corrected chi connectivity index (χ2v) is 8.17. The number of Topliss-reactive ketones (excluding diaryl/α,β-unsaturated/α-hetero) is 2. The molecule has 0 amide bonds. The molecule has 6 nitrogen and oxygen atoms in total. The van der Waals surface area contributed by atoms with Gasteiger partial charge < -0.3 is 14.6 Å². The Labute approximate surface area is 162 Å². The van der Waals surface area contributed by atoms with Gasteiger partial charge in [0.25, 0.3) is 0 Å². The van der Waals surface area contributed by atoms with E-state index in [1.165, 1.54) is 7.11 Å². The van der Waals surface area contributed by atoms with E-state index < -0.39 is 23.1 Å². The van der Waals surface area contributed by atoms with Gasteiger partial charge in [-0.25, -0.2) is 4.79 Å². The van der Waals surface area contributed by atoms with Gasteiger partial charge in [0, 0.05) is 17.2 Å². The van der Waals surface area contributed by atoms with E-state index in [2.05, 4.69) is 0 Å². The first-order valence-electron chi connectivity index (χ1n) is 9.29. The molecule has 1 N–H and O–H groups in total. The van der Waals surface area contributed by atoms with Gasteiger partial charge in [-0.2, -0.15) is 0 Å². The lowest BCUT2D eigenvalue weighted by atomic mass is 9.66. The van der Waals surface area contributed by atoms with Gasteiger partial charge in [0.2, 0.25) is 0 Å². The molecule has 1 aliphatic heterocycles. The molecule has 2 aromatic carbocycles. The lowest BCUT2D eigenvalue weighted by Crippen LogP contribution is -2.43. The predicted molar refractivity (Wildman–Crippen MR) is 102 cm³/mol. The molecular formula is C22H22O6. The predicted octanol–water partition coefficient (Wildman–Crippen LogP) is 3.33. The maximum Gasteiger partial charge on any atom is 0.342 e. The first-order valence-corrected chi connectivity index (χ1v) is 9.29. The van der Waals surface area contributed by atoms with Crippen molar-refractivity contribution in [2.24, 2.45) is 5.92 Å². The van der Waals surface area contributed by atoms with Crippen LogP contribution in [0.5, 0.6) is 11.5 Å². The molecule has 6 heteroatoms. The first-order chi connectivity index (χ1) is 13.1. The quantitative estimate of drug-likeness (QED) is 0.601. The normalized spacial score (nSPS) is 23.2. The molecule has 2 aliphatic rings. The lowest BCUT2D eigenvalue weighted by Gasteiger charge is -2.35. The highest BCUT2D eigenvalue weighted by atomic mass is 16.5. The van der Waals surface area contributed by atoms with Gasteiger partial charge in [-0.15, -0.1) is 0 Å². The Kier molecular flexibility index (Phi) is 3.83. The van der Waals surface area contributed by atoms with E-state index in [9.17, 15) is 19.5 Å². The Morgan fingerprint density at radius 2 is 1.82 bits per heavy atom. The van der Waals surface area contributed by atoms with Gasteiger partial charge in [-0.1, -0.05) is 0 Å². The number of hydrogen-bond donors (Lipinski definition) is 1. The summed E-state index contributed by atoms with van der Waals surface area (Å²) in [5, 5.41) is 12.2. The van der Waals surface area contributed by atoms with Gasteiger partial charge in [-0.05, 0) is 56.3 Å². The van der Waals surface area contributed by atoms with E-state index in [0.29, 0.717) is 34.1 Å². The number of carbonyl (C=O) groups is 3. The van der Waals surface area contributed by atoms with E-state index in [-0.39, 0.29) is 28.8 Å². The van der Waals surface area contributed by atoms with Crippen LogP contribution >= 0.6 is 0 Å². The highest BCUT2D eigenvalue weighted by molar-refractivity contribution is 6.21. The molecule has 4 rings (SSSR count). The largest absolute Gasteiger partial charge is 0.507 e. The first kappa shape index (κ1) is 18.5. The van der Waals surface area contributed by atoms with Crippen molar-refractivity contribution < 1.29 is 29.0 Å². The van der Waals surface area contributed by atoms with E-state index in [1.54, 1.807) is 39.8 Å². The molecule has 2 unspecified atom stereocenters.